The molecule has 3 aromatic rings. The van der Waals surface area contributed by atoms with Gasteiger partial charge in [-0.2, -0.15) is 0 Å². The lowest BCUT2D eigenvalue weighted by atomic mass is 9.98. The molecule has 0 radical (unpaired) electrons. The Morgan fingerprint density at radius 1 is 1.00 bits per heavy atom. The first kappa shape index (κ1) is 20.8. The first-order chi connectivity index (χ1) is 15.1. The van der Waals surface area contributed by atoms with Gasteiger partial charge >= 0.3 is 0 Å². The van der Waals surface area contributed by atoms with Crippen LogP contribution in [0.3, 0.4) is 0 Å². The van der Waals surface area contributed by atoms with Gasteiger partial charge in [0.05, 0.1) is 20.8 Å². The second-order valence-electron chi connectivity index (χ2n) is 7.49. The Balaban J connectivity index is 1.48. The summed E-state index contributed by atoms with van der Waals surface area (Å²) in [5.41, 5.74) is 3.14. The van der Waals surface area contributed by atoms with Crippen LogP contribution in [-0.2, 0) is 13.0 Å². The molecular weight excluding hydrogens is 394 g/mol. The minimum atomic E-state index is -0.116. The van der Waals surface area contributed by atoms with E-state index in [4.69, 9.17) is 18.6 Å². The number of methoxy groups -OCH3 is 2. The number of carbonyl (C=O) groups is 1. The lowest BCUT2D eigenvalue weighted by Gasteiger charge is -2.29. The Labute approximate surface area is 182 Å². The fraction of sp³-hybridized carbons (Fsp3) is 0.320. The van der Waals surface area contributed by atoms with E-state index in [-0.39, 0.29) is 5.91 Å². The minimum absolute atomic E-state index is 0.116. The van der Waals surface area contributed by atoms with Crippen LogP contribution in [0.2, 0.25) is 0 Å². The van der Waals surface area contributed by atoms with E-state index >= 15 is 0 Å². The summed E-state index contributed by atoms with van der Waals surface area (Å²) in [5.74, 6) is 3.09. The Morgan fingerprint density at radius 2 is 1.71 bits per heavy atom. The maximum atomic E-state index is 13.1. The van der Waals surface area contributed by atoms with Crippen molar-refractivity contribution in [2.75, 3.05) is 27.4 Å². The van der Waals surface area contributed by atoms with Gasteiger partial charge in [-0.3, -0.25) is 4.79 Å². The van der Waals surface area contributed by atoms with Crippen molar-refractivity contribution in [3.8, 4) is 28.6 Å². The number of nitrogens with zero attached hydrogens (tertiary/aromatic N) is 1. The number of carbonyl (C=O) groups excluding carboxylic acids is 1. The summed E-state index contributed by atoms with van der Waals surface area (Å²) in [4.78, 5) is 14.9. The summed E-state index contributed by atoms with van der Waals surface area (Å²) in [6.45, 7) is 3.90. The van der Waals surface area contributed by atoms with Gasteiger partial charge in [-0.1, -0.05) is 6.92 Å². The van der Waals surface area contributed by atoms with Crippen LogP contribution in [0.15, 0.2) is 52.9 Å². The molecule has 0 bridgehead atoms. The van der Waals surface area contributed by atoms with Crippen molar-refractivity contribution >= 4 is 5.91 Å². The van der Waals surface area contributed by atoms with E-state index in [0.717, 1.165) is 29.7 Å². The van der Waals surface area contributed by atoms with Gasteiger partial charge in [0.25, 0.3) is 5.91 Å². The predicted octanol–water partition coefficient (Wildman–Crippen LogP) is 4.95. The van der Waals surface area contributed by atoms with Gasteiger partial charge in [-0.05, 0) is 72.5 Å². The predicted molar refractivity (Wildman–Crippen MR) is 118 cm³/mol. The molecule has 0 N–H and O–H groups in total. The molecule has 4 rings (SSSR count). The van der Waals surface area contributed by atoms with Crippen LogP contribution in [0.25, 0.3) is 11.3 Å². The monoisotopic (exact) mass is 421 g/mol. The molecule has 1 aromatic heterocycles. The zero-order valence-electron chi connectivity index (χ0n) is 18.1. The molecule has 0 saturated heterocycles. The molecule has 0 fully saturated rings. The van der Waals surface area contributed by atoms with E-state index in [2.05, 4.69) is 6.92 Å². The van der Waals surface area contributed by atoms with Gasteiger partial charge < -0.3 is 23.5 Å². The van der Waals surface area contributed by atoms with E-state index < -0.39 is 0 Å². The number of hydrogen-bond acceptors (Lipinski definition) is 5. The van der Waals surface area contributed by atoms with Gasteiger partial charge in [0, 0.05) is 18.7 Å². The number of benzene rings is 2. The quantitative estimate of drug-likeness (QED) is 0.540. The standard InChI is InChI=1S/C25H27NO5/c1-4-13-30-20-7-5-17(6-8-20)21-9-10-22(31-21)25(27)26-12-11-18-14-23(28-2)24(29-3)15-19(18)16-26/h5-10,14-15H,4,11-13,16H2,1-3H3. The van der Waals surface area contributed by atoms with Crippen LogP contribution >= 0.6 is 0 Å². The molecule has 1 amide bonds. The average Bonchev–Trinajstić information content (AvgIpc) is 3.31. The minimum Gasteiger partial charge on any atom is -0.494 e. The smallest absolute Gasteiger partial charge is 0.289 e. The topological polar surface area (TPSA) is 61.1 Å². The van der Waals surface area contributed by atoms with Crippen LogP contribution < -0.4 is 14.2 Å². The second-order valence-corrected chi connectivity index (χ2v) is 7.49. The summed E-state index contributed by atoms with van der Waals surface area (Å²) in [6.07, 6.45) is 1.72. The number of ether oxygens (including phenoxy) is 3. The SMILES string of the molecule is CCCOc1ccc(-c2ccc(C(=O)N3CCc4cc(OC)c(OC)cc4C3)o2)cc1. The van der Waals surface area contributed by atoms with E-state index in [1.807, 2.05) is 42.5 Å². The molecule has 0 aliphatic carbocycles. The Bertz CT molecular complexity index is 1050. The lowest BCUT2D eigenvalue weighted by molar-refractivity contribution is 0.0703. The van der Waals surface area contributed by atoms with E-state index in [1.165, 1.54) is 5.56 Å². The first-order valence-electron chi connectivity index (χ1n) is 10.5. The highest BCUT2D eigenvalue weighted by atomic mass is 16.5. The zero-order valence-corrected chi connectivity index (χ0v) is 18.1. The fourth-order valence-corrected chi connectivity index (χ4v) is 3.76. The van der Waals surface area contributed by atoms with Gasteiger partial charge in [-0.15, -0.1) is 0 Å². The molecule has 2 aromatic carbocycles. The van der Waals surface area contributed by atoms with Crippen molar-refractivity contribution in [1.29, 1.82) is 0 Å². The highest BCUT2D eigenvalue weighted by Crippen LogP contribution is 2.34. The van der Waals surface area contributed by atoms with Crippen LogP contribution in [0.5, 0.6) is 17.2 Å². The highest BCUT2D eigenvalue weighted by molar-refractivity contribution is 5.92. The molecule has 6 heteroatoms. The molecule has 2 heterocycles. The molecule has 162 valence electrons. The van der Waals surface area contributed by atoms with Gasteiger partial charge in [0.1, 0.15) is 11.5 Å². The van der Waals surface area contributed by atoms with Crippen LogP contribution in [0, 0.1) is 0 Å². The zero-order chi connectivity index (χ0) is 21.8. The van der Waals surface area contributed by atoms with Crippen molar-refractivity contribution < 1.29 is 23.4 Å². The van der Waals surface area contributed by atoms with E-state index in [0.29, 0.717) is 42.7 Å². The van der Waals surface area contributed by atoms with Crippen LogP contribution in [0.4, 0.5) is 0 Å². The average molecular weight is 421 g/mol. The van der Waals surface area contributed by atoms with Crippen molar-refractivity contribution in [1.82, 2.24) is 4.90 Å². The summed E-state index contributed by atoms with van der Waals surface area (Å²) >= 11 is 0. The number of rotatable bonds is 7. The number of furan rings is 1. The third kappa shape index (κ3) is 4.38. The molecule has 0 atom stereocenters. The lowest BCUT2D eigenvalue weighted by Crippen LogP contribution is -2.35. The third-order valence-electron chi connectivity index (χ3n) is 5.43. The van der Waals surface area contributed by atoms with E-state index in [9.17, 15) is 4.79 Å². The molecule has 6 nitrogen and oxygen atoms in total. The normalized spacial score (nSPS) is 12.9. The number of fused-ring (bicyclic) bond motifs is 1. The molecule has 0 saturated carbocycles. The molecule has 1 aliphatic heterocycles. The van der Waals surface area contributed by atoms with Gasteiger partial charge in [-0.25, -0.2) is 0 Å². The molecular formula is C25H27NO5. The summed E-state index contributed by atoms with van der Waals surface area (Å²) in [7, 11) is 3.24. The number of amides is 1. The highest BCUT2D eigenvalue weighted by Gasteiger charge is 2.25. The first-order valence-corrected chi connectivity index (χ1v) is 10.5. The maximum absolute atomic E-state index is 13.1. The van der Waals surface area contributed by atoms with Crippen LogP contribution in [-0.4, -0.2) is 38.2 Å². The summed E-state index contributed by atoms with van der Waals surface area (Å²) in [6, 6.07) is 15.2. The van der Waals surface area contributed by atoms with Gasteiger partial charge in [0.2, 0.25) is 0 Å². The van der Waals surface area contributed by atoms with Gasteiger partial charge in [0.15, 0.2) is 17.3 Å². The third-order valence-corrected chi connectivity index (χ3v) is 5.43. The molecule has 1 aliphatic rings. The van der Waals surface area contributed by atoms with Crippen molar-refractivity contribution in [3.05, 3.63) is 65.4 Å². The second kappa shape index (κ2) is 9.16. The fourth-order valence-electron chi connectivity index (χ4n) is 3.76. The largest absolute Gasteiger partial charge is 0.494 e. The summed E-state index contributed by atoms with van der Waals surface area (Å²) in [5, 5.41) is 0. The molecule has 31 heavy (non-hydrogen) atoms. The summed E-state index contributed by atoms with van der Waals surface area (Å²) < 4.78 is 22.3. The number of hydrogen-bond donors (Lipinski definition) is 0. The Morgan fingerprint density at radius 3 is 2.39 bits per heavy atom. The molecule has 0 spiro atoms. The Kier molecular flexibility index (Phi) is 6.16. The van der Waals surface area contributed by atoms with Crippen molar-refractivity contribution in [3.63, 3.8) is 0 Å². The van der Waals surface area contributed by atoms with Crippen molar-refractivity contribution in [2.24, 2.45) is 0 Å². The van der Waals surface area contributed by atoms with E-state index in [1.54, 1.807) is 25.2 Å². The maximum Gasteiger partial charge on any atom is 0.289 e. The van der Waals surface area contributed by atoms with Crippen molar-refractivity contribution in [2.45, 2.75) is 26.3 Å². The Hall–Kier alpha value is -3.41. The van der Waals surface area contributed by atoms with Crippen LogP contribution in [0.1, 0.15) is 35.0 Å². The molecule has 0 unspecified atom stereocenters.